The number of H-pyrrole nitrogens is 1. The Labute approximate surface area is 196 Å². The molecule has 4 aromatic rings. The summed E-state index contributed by atoms with van der Waals surface area (Å²) in [5, 5.41) is 3.36. The smallest absolute Gasteiger partial charge is 0.255 e. The van der Waals surface area contributed by atoms with E-state index in [-0.39, 0.29) is 17.9 Å². The largest absolute Gasteiger partial charge is 0.457 e. The predicted molar refractivity (Wildman–Crippen MR) is 131 cm³/mol. The molecule has 2 N–H and O–H groups in total. The molecule has 3 aromatic carbocycles. The minimum Gasteiger partial charge on any atom is -0.457 e. The number of thioether (sulfide) groups is 1. The van der Waals surface area contributed by atoms with Crippen LogP contribution < -0.4 is 15.6 Å². The third-order valence-electron chi connectivity index (χ3n) is 4.87. The number of hydrogen-bond donors (Lipinski definition) is 2. The van der Waals surface area contributed by atoms with E-state index < -0.39 is 0 Å². The molecule has 0 fully saturated rings. The van der Waals surface area contributed by atoms with Gasteiger partial charge in [0.1, 0.15) is 11.5 Å². The van der Waals surface area contributed by atoms with Crippen molar-refractivity contribution in [3.05, 3.63) is 112 Å². The lowest BCUT2D eigenvalue weighted by atomic mass is 10.1. The van der Waals surface area contributed by atoms with E-state index in [2.05, 4.69) is 15.3 Å². The number of nitrogens with zero attached hydrogens (tertiary/aromatic N) is 1. The number of rotatable bonds is 8. The highest BCUT2D eigenvalue weighted by Gasteiger charge is 2.13. The molecule has 6 nitrogen and oxygen atoms in total. The Morgan fingerprint density at radius 1 is 0.939 bits per heavy atom. The maximum atomic E-state index is 12.6. The summed E-state index contributed by atoms with van der Waals surface area (Å²) in [6.07, 6.45) is -0.0555. The van der Waals surface area contributed by atoms with Crippen LogP contribution in [0.2, 0.25) is 0 Å². The van der Waals surface area contributed by atoms with Gasteiger partial charge in [-0.05, 0) is 48.9 Å². The molecular formula is C26H23N3O3S. The molecular weight excluding hydrogens is 434 g/mol. The van der Waals surface area contributed by atoms with Crippen LogP contribution in [0.15, 0.2) is 94.9 Å². The third kappa shape index (κ3) is 6.33. The molecule has 0 aliphatic carbocycles. The molecule has 0 spiro atoms. The van der Waals surface area contributed by atoms with Crippen molar-refractivity contribution in [2.24, 2.45) is 0 Å². The van der Waals surface area contributed by atoms with Gasteiger partial charge in [0.2, 0.25) is 5.91 Å². The number of nitrogens with one attached hydrogen (secondary N) is 2. The Hall–Kier alpha value is -3.84. The van der Waals surface area contributed by atoms with Crippen LogP contribution in [0.3, 0.4) is 0 Å². The first-order valence-electron chi connectivity index (χ1n) is 10.5. The number of ether oxygens (including phenoxy) is 1. The number of anilines is 1. The summed E-state index contributed by atoms with van der Waals surface area (Å²) in [6, 6.07) is 26.5. The number of amides is 1. The molecule has 7 heteroatoms. The van der Waals surface area contributed by atoms with E-state index in [1.54, 1.807) is 31.2 Å². The normalized spacial score (nSPS) is 10.6. The first-order chi connectivity index (χ1) is 16.1. The van der Waals surface area contributed by atoms with Crippen LogP contribution >= 0.6 is 11.8 Å². The van der Waals surface area contributed by atoms with Crippen LogP contribution in [-0.4, -0.2) is 15.9 Å². The minimum absolute atomic E-state index is 0.0555. The molecule has 4 rings (SSSR count). The highest BCUT2D eigenvalue weighted by Crippen LogP contribution is 2.23. The summed E-state index contributed by atoms with van der Waals surface area (Å²) in [5.74, 6) is 1.82. The molecule has 0 atom stereocenters. The maximum absolute atomic E-state index is 12.6. The number of para-hydroxylation sites is 1. The molecule has 0 radical (unpaired) electrons. The monoisotopic (exact) mass is 457 g/mol. The van der Waals surface area contributed by atoms with Crippen LogP contribution in [0.5, 0.6) is 11.5 Å². The highest BCUT2D eigenvalue weighted by molar-refractivity contribution is 7.98. The Bertz CT molecular complexity index is 1270. The van der Waals surface area contributed by atoms with Gasteiger partial charge in [0.25, 0.3) is 5.56 Å². The number of carbonyl (C=O) groups excluding carboxylic acids is 1. The van der Waals surface area contributed by atoms with Crippen molar-refractivity contribution in [1.82, 2.24) is 9.97 Å². The lowest BCUT2D eigenvalue weighted by molar-refractivity contribution is -0.115. The molecule has 1 amide bonds. The van der Waals surface area contributed by atoms with Crippen LogP contribution in [0.1, 0.15) is 16.8 Å². The Morgan fingerprint density at radius 3 is 2.24 bits per heavy atom. The van der Waals surface area contributed by atoms with E-state index in [1.807, 2.05) is 60.7 Å². The molecule has 33 heavy (non-hydrogen) atoms. The second-order valence-electron chi connectivity index (χ2n) is 7.37. The molecule has 0 bridgehead atoms. The van der Waals surface area contributed by atoms with Crippen LogP contribution in [0.4, 0.5) is 5.69 Å². The topological polar surface area (TPSA) is 84.1 Å². The molecule has 166 valence electrons. The van der Waals surface area contributed by atoms with E-state index in [1.165, 1.54) is 11.8 Å². The van der Waals surface area contributed by atoms with E-state index in [0.29, 0.717) is 33.6 Å². The zero-order valence-corrected chi connectivity index (χ0v) is 18.9. The fraction of sp³-hybridized carbons (Fsp3) is 0.115. The van der Waals surface area contributed by atoms with Crippen LogP contribution in [-0.2, 0) is 17.0 Å². The van der Waals surface area contributed by atoms with Gasteiger partial charge in [-0.15, -0.1) is 0 Å². The zero-order valence-electron chi connectivity index (χ0n) is 18.1. The van der Waals surface area contributed by atoms with E-state index in [9.17, 15) is 9.59 Å². The predicted octanol–water partition coefficient (Wildman–Crippen LogP) is 5.34. The lowest BCUT2D eigenvalue weighted by Crippen LogP contribution is -2.23. The molecule has 0 unspecified atom stereocenters. The summed E-state index contributed by atoms with van der Waals surface area (Å²) >= 11 is 1.45. The lowest BCUT2D eigenvalue weighted by Gasteiger charge is -2.09. The van der Waals surface area contributed by atoms with Crippen molar-refractivity contribution >= 4 is 23.4 Å². The average molecular weight is 458 g/mol. The zero-order chi connectivity index (χ0) is 23.0. The maximum Gasteiger partial charge on any atom is 0.255 e. The van der Waals surface area contributed by atoms with Gasteiger partial charge in [0.15, 0.2) is 5.16 Å². The van der Waals surface area contributed by atoms with Gasteiger partial charge in [-0.1, -0.05) is 60.3 Å². The molecule has 0 saturated carbocycles. The van der Waals surface area contributed by atoms with E-state index in [4.69, 9.17) is 4.74 Å². The number of benzene rings is 3. The molecule has 1 aromatic heterocycles. The van der Waals surface area contributed by atoms with Crippen molar-refractivity contribution in [3.8, 4) is 11.5 Å². The molecule has 0 saturated heterocycles. The summed E-state index contributed by atoms with van der Waals surface area (Å²) in [5.41, 5.74) is 2.39. The first-order valence-corrected chi connectivity index (χ1v) is 11.4. The Balaban J connectivity index is 1.35. The van der Waals surface area contributed by atoms with Crippen LogP contribution in [0.25, 0.3) is 0 Å². The van der Waals surface area contributed by atoms with Crippen molar-refractivity contribution in [2.75, 3.05) is 5.32 Å². The van der Waals surface area contributed by atoms with Crippen molar-refractivity contribution in [1.29, 1.82) is 0 Å². The Kier molecular flexibility index (Phi) is 7.22. The van der Waals surface area contributed by atoms with Crippen LogP contribution in [0, 0.1) is 6.92 Å². The average Bonchev–Trinajstić information content (AvgIpc) is 2.83. The quantitative estimate of drug-likeness (QED) is 0.275. The van der Waals surface area contributed by atoms with Gasteiger partial charge >= 0.3 is 0 Å². The summed E-state index contributed by atoms with van der Waals surface area (Å²) in [6.45, 7) is 1.75. The third-order valence-corrected chi connectivity index (χ3v) is 5.82. The highest BCUT2D eigenvalue weighted by atomic mass is 32.2. The fourth-order valence-corrected chi connectivity index (χ4v) is 4.05. The van der Waals surface area contributed by atoms with Gasteiger partial charge in [0.05, 0.1) is 6.42 Å². The van der Waals surface area contributed by atoms with Gasteiger partial charge in [0, 0.05) is 22.7 Å². The van der Waals surface area contributed by atoms with Gasteiger partial charge in [-0.25, -0.2) is 4.98 Å². The molecule has 0 aliphatic heterocycles. The second-order valence-corrected chi connectivity index (χ2v) is 8.34. The summed E-state index contributed by atoms with van der Waals surface area (Å²) in [7, 11) is 0. The standard InChI is InChI=1S/C26H23N3O3S/c1-18-23(25(31)29-26(27-18)33-17-19-8-4-2-5-9-19)16-24(30)28-20-12-14-22(15-13-20)32-21-10-6-3-7-11-21/h2-15H,16-17H2,1H3,(H,28,30)(H,27,29,31). The van der Waals surface area contributed by atoms with Crippen molar-refractivity contribution in [3.63, 3.8) is 0 Å². The number of aromatic nitrogens is 2. The summed E-state index contributed by atoms with van der Waals surface area (Å²) in [4.78, 5) is 32.4. The van der Waals surface area contributed by atoms with Gasteiger partial charge in [-0.3, -0.25) is 9.59 Å². The Morgan fingerprint density at radius 2 is 1.58 bits per heavy atom. The number of aromatic amines is 1. The number of hydrogen-bond acceptors (Lipinski definition) is 5. The first kappa shape index (κ1) is 22.4. The van der Waals surface area contributed by atoms with E-state index in [0.717, 1.165) is 11.3 Å². The number of carbonyl (C=O) groups is 1. The fourth-order valence-electron chi connectivity index (χ4n) is 3.18. The van der Waals surface area contributed by atoms with Crippen molar-refractivity contribution < 1.29 is 9.53 Å². The molecule has 0 aliphatic rings. The second kappa shape index (κ2) is 10.7. The van der Waals surface area contributed by atoms with Gasteiger partial charge < -0.3 is 15.0 Å². The number of aryl methyl sites for hydroxylation is 1. The molecule has 1 heterocycles. The van der Waals surface area contributed by atoms with Gasteiger partial charge in [-0.2, -0.15) is 0 Å². The summed E-state index contributed by atoms with van der Waals surface area (Å²) < 4.78 is 5.76. The minimum atomic E-state index is -0.292. The SMILES string of the molecule is Cc1nc(SCc2ccccc2)[nH]c(=O)c1CC(=O)Nc1ccc(Oc2ccccc2)cc1. The van der Waals surface area contributed by atoms with Crippen molar-refractivity contribution in [2.45, 2.75) is 24.3 Å². The van der Waals surface area contributed by atoms with E-state index >= 15 is 0 Å².